The maximum Gasteiger partial charge on any atom is 0.337 e. The van der Waals surface area contributed by atoms with Crippen LogP contribution in [-0.2, 0) is 12.8 Å². The Morgan fingerprint density at radius 2 is 2.26 bits per heavy atom. The van der Waals surface area contributed by atoms with Crippen LogP contribution in [0.25, 0.3) is 0 Å². The zero-order valence-corrected chi connectivity index (χ0v) is 13.4. The Hall–Kier alpha value is -2.36. The van der Waals surface area contributed by atoms with Gasteiger partial charge in [-0.2, -0.15) is 0 Å². The summed E-state index contributed by atoms with van der Waals surface area (Å²) in [5.74, 6) is -0.502. The Labute approximate surface area is 136 Å². The summed E-state index contributed by atoms with van der Waals surface area (Å²) in [4.78, 5) is 15.3. The van der Waals surface area contributed by atoms with Crippen LogP contribution in [0, 0.1) is 0 Å². The van der Waals surface area contributed by atoms with Gasteiger partial charge in [-0.3, -0.25) is 4.98 Å². The number of fused-ring (bicyclic) bond motifs is 1. The number of pyridine rings is 1. The first-order chi connectivity index (χ1) is 11.2. The van der Waals surface area contributed by atoms with E-state index in [-0.39, 0.29) is 5.56 Å². The van der Waals surface area contributed by atoms with Gasteiger partial charge in [-0.05, 0) is 48.4 Å². The normalized spacial score (nSPS) is 16.7. The number of carboxylic acid groups (broad SMARTS) is 1. The average Bonchev–Trinajstić information content (AvgIpc) is 2.59. The maximum atomic E-state index is 11.3. The van der Waals surface area contributed by atoms with Gasteiger partial charge in [0.1, 0.15) is 0 Å². The number of carbonyl (C=O) groups is 1. The number of nitrogens with zero attached hydrogens (tertiary/aromatic N) is 1. The second-order valence-corrected chi connectivity index (χ2v) is 6.08. The largest absolute Gasteiger partial charge is 0.478 e. The molecule has 1 aromatic heterocycles. The van der Waals surface area contributed by atoms with E-state index in [1.807, 2.05) is 0 Å². The zero-order chi connectivity index (χ0) is 16.2. The summed E-state index contributed by atoms with van der Waals surface area (Å²) >= 11 is 0. The molecule has 0 bridgehead atoms. The lowest BCUT2D eigenvalue weighted by molar-refractivity contribution is 0.0698. The van der Waals surface area contributed by atoms with E-state index < -0.39 is 5.97 Å². The quantitative estimate of drug-likeness (QED) is 0.880. The molecule has 0 spiro atoms. The lowest BCUT2D eigenvalue weighted by atomic mass is 9.82. The Morgan fingerprint density at radius 1 is 1.39 bits per heavy atom. The topological polar surface area (TPSA) is 62.2 Å². The van der Waals surface area contributed by atoms with Gasteiger partial charge in [-0.25, -0.2) is 4.79 Å². The zero-order valence-electron chi connectivity index (χ0n) is 13.4. The van der Waals surface area contributed by atoms with Crippen LogP contribution in [0.4, 0.5) is 5.69 Å². The summed E-state index contributed by atoms with van der Waals surface area (Å²) in [6, 6.07) is 8.33. The highest BCUT2D eigenvalue weighted by atomic mass is 16.4. The Morgan fingerprint density at radius 3 is 3.04 bits per heavy atom. The smallest absolute Gasteiger partial charge is 0.337 e. The van der Waals surface area contributed by atoms with Crippen molar-refractivity contribution in [2.45, 2.75) is 38.5 Å². The van der Waals surface area contributed by atoms with Crippen molar-refractivity contribution in [2.24, 2.45) is 0 Å². The molecule has 2 aromatic rings. The molecule has 2 N–H and O–H groups in total. The maximum absolute atomic E-state index is 11.3. The fraction of sp³-hybridized carbons (Fsp3) is 0.368. The molecule has 3 rings (SSSR count). The van der Waals surface area contributed by atoms with E-state index in [0.717, 1.165) is 25.8 Å². The van der Waals surface area contributed by atoms with Gasteiger partial charge >= 0.3 is 5.97 Å². The molecule has 0 radical (unpaired) electrons. The number of rotatable bonds is 5. The van der Waals surface area contributed by atoms with Crippen LogP contribution in [-0.4, -0.2) is 22.6 Å². The Balaban J connectivity index is 1.77. The van der Waals surface area contributed by atoms with Gasteiger partial charge in [0.05, 0.1) is 17.4 Å². The fourth-order valence-corrected chi connectivity index (χ4v) is 3.36. The fourth-order valence-electron chi connectivity index (χ4n) is 3.36. The molecule has 0 saturated heterocycles. The minimum Gasteiger partial charge on any atom is -0.478 e. The van der Waals surface area contributed by atoms with E-state index in [0.29, 0.717) is 11.6 Å². The summed E-state index contributed by atoms with van der Waals surface area (Å²) in [6.07, 6.45) is 7.63. The minimum atomic E-state index is -0.925. The molecule has 1 atom stereocenters. The molecule has 4 nitrogen and oxygen atoms in total. The molecule has 0 aliphatic heterocycles. The minimum absolute atomic E-state index is 0.275. The first-order valence-electron chi connectivity index (χ1n) is 8.22. The highest BCUT2D eigenvalue weighted by molar-refractivity contribution is 5.93. The Kier molecular flexibility index (Phi) is 4.60. The predicted octanol–water partition coefficient (Wildman–Crippen LogP) is 3.87. The molecule has 1 unspecified atom stereocenters. The number of hydrogen-bond donors (Lipinski definition) is 2. The van der Waals surface area contributed by atoms with Crippen LogP contribution in [0.15, 0.2) is 36.7 Å². The number of aryl methyl sites for hydroxylation is 2. The van der Waals surface area contributed by atoms with Crippen molar-refractivity contribution in [2.75, 3.05) is 11.9 Å². The number of carboxylic acids is 1. The third-order valence-corrected chi connectivity index (χ3v) is 4.64. The van der Waals surface area contributed by atoms with Gasteiger partial charge < -0.3 is 10.4 Å². The first-order valence-corrected chi connectivity index (χ1v) is 8.22. The molecular weight excluding hydrogens is 288 g/mol. The van der Waals surface area contributed by atoms with Crippen LogP contribution in [0.1, 0.15) is 52.7 Å². The highest BCUT2D eigenvalue weighted by Crippen LogP contribution is 2.32. The molecule has 1 aromatic carbocycles. The standard InChI is InChI=1S/C19H22N2O2/c1-2-13-6-7-16-14(10-13)4-3-5-15(16)11-21-18-12-20-9-8-17(18)19(22)23/h6-10,12,15,21H,2-5,11H2,1H3,(H,22,23). The van der Waals surface area contributed by atoms with Gasteiger partial charge in [-0.15, -0.1) is 0 Å². The molecule has 23 heavy (non-hydrogen) atoms. The number of nitrogens with one attached hydrogen (secondary N) is 1. The molecule has 0 fully saturated rings. The van der Waals surface area contributed by atoms with Crippen molar-refractivity contribution >= 4 is 11.7 Å². The predicted molar refractivity (Wildman–Crippen MR) is 91.2 cm³/mol. The van der Waals surface area contributed by atoms with Gasteiger partial charge in [0.2, 0.25) is 0 Å². The summed E-state index contributed by atoms with van der Waals surface area (Å²) in [6.45, 7) is 2.92. The van der Waals surface area contributed by atoms with E-state index in [1.54, 1.807) is 6.20 Å². The van der Waals surface area contributed by atoms with E-state index in [4.69, 9.17) is 0 Å². The summed E-state index contributed by atoms with van der Waals surface area (Å²) in [7, 11) is 0. The van der Waals surface area contributed by atoms with Gasteiger partial charge in [0, 0.05) is 18.7 Å². The number of benzene rings is 1. The van der Waals surface area contributed by atoms with Crippen molar-refractivity contribution < 1.29 is 9.90 Å². The second-order valence-electron chi connectivity index (χ2n) is 6.08. The molecule has 120 valence electrons. The third-order valence-electron chi connectivity index (χ3n) is 4.64. The average molecular weight is 310 g/mol. The van der Waals surface area contributed by atoms with Crippen LogP contribution in [0.2, 0.25) is 0 Å². The van der Waals surface area contributed by atoms with Crippen molar-refractivity contribution in [1.29, 1.82) is 0 Å². The van der Waals surface area contributed by atoms with Gasteiger partial charge in [-0.1, -0.05) is 25.1 Å². The van der Waals surface area contributed by atoms with Crippen LogP contribution >= 0.6 is 0 Å². The summed E-state index contributed by atoms with van der Waals surface area (Å²) in [5.41, 5.74) is 5.11. The lowest BCUT2D eigenvalue weighted by Gasteiger charge is -2.27. The SMILES string of the molecule is CCc1ccc2c(c1)CCCC2CNc1cnccc1C(=O)O. The monoisotopic (exact) mass is 310 g/mol. The van der Waals surface area contributed by atoms with Gasteiger partial charge in [0.15, 0.2) is 0 Å². The Bertz CT molecular complexity index is 712. The summed E-state index contributed by atoms with van der Waals surface area (Å²) in [5, 5.41) is 12.5. The van der Waals surface area contributed by atoms with Crippen LogP contribution in [0.3, 0.4) is 0 Å². The van der Waals surface area contributed by atoms with Crippen molar-refractivity contribution in [1.82, 2.24) is 4.98 Å². The van der Waals surface area contributed by atoms with E-state index >= 15 is 0 Å². The number of hydrogen-bond acceptors (Lipinski definition) is 3. The second kappa shape index (κ2) is 6.82. The number of aromatic carboxylic acids is 1. The van der Waals surface area contributed by atoms with E-state index in [2.05, 4.69) is 35.4 Å². The molecular formula is C19H22N2O2. The molecule has 0 saturated carbocycles. The lowest BCUT2D eigenvalue weighted by Crippen LogP contribution is -2.19. The highest BCUT2D eigenvalue weighted by Gasteiger charge is 2.21. The number of aromatic nitrogens is 1. The molecule has 1 heterocycles. The molecule has 1 aliphatic rings. The van der Waals surface area contributed by atoms with Gasteiger partial charge in [0.25, 0.3) is 0 Å². The van der Waals surface area contributed by atoms with E-state index in [9.17, 15) is 9.90 Å². The number of anilines is 1. The first kappa shape index (κ1) is 15.5. The van der Waals surface area contributed by atoms with Crippen molar-refractivity contribution in [3.05, 3.63) is 58.9 Å². The van der Waals surface area contributed by atoms with Crippen LogP contribution in [0.5, 0.6) is 0 Å². The van der Waals surface area contributed by atoms with Crippen LogP contribution < -0.4 is 5.32 Å². The summed E-state index contributed by atoms with van der Waals surface area (Å²) < 4.78 is 0. The molecule has 4 heteroatoms. The molecule has 1 aliphatic carbocycles. The van der Waals surface area contributed by atoms with E-state index in [1.165, 1.54) is 35.4 Å². The third kappa shape index (κ3) is 3.36. The van der Waals surface area contributed by atoms with Crippen molar-refractivity contribution in [3.8, 4) is 0 Å². The van der Waals surface area contributed by atoms with Crippen molar-refractivity contribution in [3.63, 3.8) is 0 Å². The molecule has 0 amide bonds.